The van der Waals surface area contributed by atoms with Crippen LogP contribution in [0.5, 0.6) is 0 Å². The van der Waals surface area contributed by atoms with Crippen LogP contribution in [0.25, 0.3) is 39.8 Å². The molecule has 0 aliphatic rings. The highest BCUT2D eigenvalue weighted by Crippen LogP contribution is 2.36. The summed E-state index contributed by atoms with van der Waals surface area (Å²) < 4.78 is 39.4. The van der Waals surface area contributed by atoms with E-state index in [-0.39, 0.29) is 4.47 Å². The topological polar surface area (TPSA) is 41.6 Å². The molecule has 0 aliphatic carbocycles. The third-order valence-corrected chi connectivity index (χ3v) is 5.29. The number of nitrogens with zero attached hydrogens (tertiary/aromatic N) is 2. The number of aromatic amines is 1. The molecule has 2 heterocycles. The average Bonchev–Trinajstić information content (AvgIpc) is 3.12. The summed E-state index contributed by atoms with van der Waals surface area (Å²) in [4.78, 5) is 11.7. The van der Waals surface area contributed by atoms with Crippen LogP contribution in [0.1, 0.15) is 11.1 Å². The maximum absolute atomic E-state index is 13.0. The third-order valence-electron chi connectivity index (χ3n) is 4.40. The number of fused-ring (bicyclic) bond motifs is 1. The number of nitrogens with one attached hydrogen (secondary N) is 1. The zero-order chi connectivity index (χ0) is 20.8. The third kappa shape index (κ3) is 3.80. The second-order valence-corrected chi connectivity index (χ2v) is 7.58. The molecule has 0 saturated carbocycles. The first-order chi connectivity index (χ1) is 13.8. The molecule has 0 unspecified atom stereocenters. The van der Waals surface area contributed by atoms with Crippen molar-refractivity contribution in [2.75, 3.05) is 0 Å². The van der Waals surface area contributed by atoms with Gasteiger partial charge in [0.25, 0.3) is 0 Å². The first-order valence-electron chi connectivity index (χ1n) is 8.41. The van der Waals surface area contributed by atoms with Gasteiger partial charge in [0.05, 0.1) is 21.8 Å². The Morgan fingerprint density at radius 2 is 1.76 bits per heavy atom. The Morgan fingerprint density at radius 1 is 1.07 bits per heavy atom. The minimum Gasteiger partial charge on any atom is -0.338 e. The van der Waals surface area contributed by atoms with Gasteiger partial charge in [0.15, 0.2) is 0 Å². The summed E-state index contributed by atoms with van der Waals surface area (Å²) in [5.74, 6) is 0.465. The number of H-pyrrole nitrogens is 1. The van der Waals surface area contributed by atoms with Gasteiger partial charge < -0.3 is 4.98 Å². The summed E-state index contributed by atoms with van der Waals surface area (Å²) in [6.07, 6.45) is -1.09. The van der Waals surface area contributed by atoms with Crippen LogP contribution in [0, 0.1) is 0 Å². The Balaban J connectivity index is 1.71. The lowest BCUT2D eigenvalue weighted by Crippen LogP contribution is -2.04. The molecule has 0 amide bonds. The van der Waals surface area contributed by atoms with E-state index in [1.165, 1.54) is 0 Å². The largest absolute Gasteiger partial charge is 0.416 e. The Kier molecular flexibility index (Phi) is 4.96. The zero-order valence-corrected chi connectivity index (χ0v) is 17.0. The lowest BCUT2D eigenvalue weighted by Gasteiger charge is -2.06. The highest BCUT2D eigenvalue weighted by molar-refractivity contribution is 9.10. The lowest BCUT2D eigenvalue weighted by molar-refractivity contribution is -0.137. The van der Waals surface area contributed by atoms with Crippen molar-refractivity contribution in [1.82, 2.24) is 15.0 Å². The smallest absolute Gasteiger partial charge is 0.338 e. The van der Waals surface area contributed by atoms with Crippen molar-refractivity contribution < 1.29 is 13.2 Å². The number of benzene rings is 2. The number of hydrogen-bond donors (Lipinski definition) is 1. The monoisotopic (exact) mass is 477 g/mol. The van der Waals surface area contributed by atoms with Crippen LogP contribution in [0.2, 0.25) is 5.02 Å². The molecule has 29 heavy (non-hydrogen) atoms. The standard InChI is InChI=1S/C21H12BrClF3N3/c1-2-11-7-16(23)18(27-10-11)12-3-5-13(6-4-12)20-28-17-9-14(21(24,25)26)8-15(22)19(17)29-20/h2-10H,1H2,(H,28,29). The Labute approximate surface area is 177 Å². The van der Waals surface area contributed by atoms with Crippen molar-refractivity contribution in [2.24, 2.45) is 0 Å². The van der Waals surface area contributed by atoms with E-state index < -0.39 is 11.7 Å². The molecule has 0 radical (unpaired) electrons. The number of imidazole rings is 1. The number of pyridine rings is 1. The number of alkyl halides is 3. The Bertz CT molecular complexity index is 1230. The quantitative estimate of drug-likeness (QED) is 0.334. The minimum atomic E-state index is -4.43. The highest BCUT2D eigenvalue weighted by atomic mass is 79.9. The number of hydrogen-bond acceptors (Lipinski definition) is 2. The van der Waals surface area contributed by atoms with E-state index in [9.17, 15) is 13.2 Å². The van der Waals surface area contributed by atoms with Crippen molar-refractivity contribution in [3.05, 3.63) is 75.9 Å². The van der Waals surface area contributed by atoms with E-state index in [1.807, 2.05) is 24.3 Å². The van der Waals surface area contributed by atoms with E-state index in [0.29, 0.717) is 27.6 Å². The molecule has 0 saturated heterocycles. The molecule has 146 valence electrons. The predicted octanol–water partition coefficient (Wildman–Crippen LogP) is 7.37. The van der Waals surface area contributed by atoms with E-state index >= 15 is 0 Å². The molecule has 0 spiro atoms. The first kappa shape index (κ1) is 19.7. The number of halogens is 5. The van der Waals surface area contributed by atoms with E-state index in [2.05, 4.69) is 37.5 Å². The summed E-state index contributed by atoms with van der Waals surface area (Å²) >= 11 is 9.47. The molecule has 4 rings (SSSR count). The maximum Gasteiger partial charge on any atom is 0.416 e. The molecule has 2 aromatic carbocycles. The summed E-state index contributed by atoms with van der Waals surface area (Å²) in [6, 6.07) is 11.1. The second kappa shape index (κ2) is 7.31. The summed E-state index contributed by atoms with van der Waals surface area (Å²) in [5, 5.41) is 0.502. The van der Waals surface area contributed by atoms with Gasteiger partial charge in [-0.05, 0) is 39.7 Å². The summed E-state index contributed by atoms with van der Waals surface area (Å²) in [7, 11) is 0. The van der Waals surface area contributed by atoms with E-state index in [0.717, 1.165) is 28.8 Å². The van der Waals surface area contributed by atoms with Crippen molar-refractivity contribution >= 4 is 44.6 Å². The van der Waals surface area contributed by atoms with Crippen molar-refractivity contribution in [3.8, 4) is 22.6 Å². The number of rotatable bonds is 3. The molecule has 0 atom stereocenters. The van der Waals surface area contributed by atoms with Crippen LogP contribution in [0.15, 0.2) is 59.7 Å². The van der Waals surface area contributed by atoms with Crippen LogP contribution < -0.4 is 0 Å². The van der Waals surface area contributed by atoms with Crippen molar-refractivity contribution in [3.63, 3.8) is 0 Å². The van der Waals surface area contributed by atoms with Crippen LogP contribution >= 0.6 is 27.5 Å². The van der Waals surface area contributed by atoms with E-state index in [4.69, 9.17) is 11.6 Å². The number of aromatic nitrogens is 3. The molecule has 0 fully saturated rings. The normalized spacial score (nSPS) is 11.8. The highest BCUT2D eigenvalue weighted by Gasteiger charge is 2.31. The minimum absolute atomic E-state index is 0.278. The van der Waals surface area contributed by atoms with Gasteiger partial charge in [0, 0.05) is 21.8 Å². The molecule has 4 aromatic rings. The molecule has 8 heteroatoms. The molecule has 0 aliphatic heterocycles. The first-order valence-corrected chi connectivity index (χ1v) is 9.58. The molecular formula is C21H12BrClF3N3. The molecule has 3 nitrogen and oxygen atoms in total. The van der Waals surface area contributed by atoms with Crippen LogP contribution in [-0.2, 0) is 6.18 Å². The SMILES string of the molecule is C=Cc1cnc(-c2ccc(-c3nc4c(Br)cc(C(F)(F)F)cc4[nH]3)cc2)c(Cl)c1. The van der Waals surface area contributed by atoms with Gasteiger partial charge in [-0.15, -0.1) is 0 Å². The van der Waals surface area contributed by atoms with Gasteiger partial charge in [-0.25, -0.2) is 4.98 Å². The van der Waals surface area contributed by atoms with Crippen LogP contribution in [0.3, 0.4) is 0 Å². The van der Waals surface area contributed by atoms with Crippen molar-refractivity contribution in [1.29, 1.82) is 0 Å². The maximum atomic E-state index is 13.0. The zero-order valence-electron chi connectivity index (χ0n) is 14.7. The fourth-order valence-electron chi connectivity index (χ4n) is 2.94. The lowest BCUT2D eigenvalue weighted by atomic mass is 10.1. The van der Waals surface area contributed by atoms with Gasteiger partial charge in [-0.1, -0.05) is 48.5 Å². The fourth-order valence-corrected chi connectivity index (χ4v) is 3.77. The van der Waals surface area contributed by atoms with Gasteiger partial charge >= 0.3 is 6.18 Å². The second-order valence-electron chi connectivity index (χ2n) is 6.32. The molecular weight excluding hydrogens is 467 g/mol. The Hall–Kier alpha value is -2.64. The van der Waals surface area contributed by atoms with Crippen LogP contribution in [0.4, 0.5) is 13.2 Å². The van der Waals surface area contributed by atoms with E-state index in [1.54, 1.807) is 18.3 Å². The van der Waals surface area contributed by atoms with Gasteiger partial charge in [0.2, 0.25) is 0 Å². The summed E-state index contributed by atoms with van der Waals surface area (Å²) in [5.41, 5.74) is 2.98. The van der Waals surface area contributed by atoms with Crippen molar-refractivity contribution in [2.45, 2.75) is 6.18 Å². The average molecular weight is 479 g/mol. The summed E-state index contributed by atoms with van der Waals surface area (Å²) in [6.45, 7) is 3.69. The predicted molar refractivity (Wildman–Crippen MR) is 113 cm³/mol. The van der Waals surface area contributed by atoms with Gasteiger partial charge in [0.1, 0.15) is 11.3 Å². The van der Waals surface area contributed by atoms with Crippen LogP contribution in [-0.4, -0.2) is 15.0 Å². The molecule has 0 bridgehead atoms. The Morgan fingerprint density at radius 3 is 2.38 bits per heavy atom. The fraction of sp³-hybridized carbons (Fsp3) is 0.0476. The van der Waals surface area contributed by atoms with Gasteiger partial charge in [-0.2, -0.15) is 13.2 Å². The molecule has 2 aromatic heterocycles. The van der Waals surface area contributed by atoms with Gasteiger partial charge in [-0.3, -0.25) is 4.98 Å². The molecule has 1 N–H and O–H groups in total.